The summed E-state index contributed by atoms with van der Waals surface area (Å²) < 4.78 is 16.1. The van der Waals surface area contributed by atoms with Crippen LogP contribution in [0.25, 0.3) is 0 Å². The van der Waals surface area contributed by atoms with Crippen molar-refractivity contribution in [3.05, 3.63) is 47.4 Å². The van der Waals surface area contributed by atoms with Gasteiger partial charge in [-0.1, -0.05) is 0 Å². The third-order valence-corrected chi connectivity index (χ3v) is 2.42. The van der Waals surface area contributed by atoms with Gasteiger partial charge in [0.05, 0.1) is 18.7 Å². The monoisotopic (exact) mass is 243 g/mol. The lowest BCUT2D eigenvalue weighted by molar-refractivity contribution is 0.266. The fraction of sp³-hybridized carbons (Fsp3) is 0.214. The number of nitrogens with zero attached hydrogens (tertiary/aromatic N) is 1. The molecule has 0 atom stereocenters. The van der Waals surface area contributed by atoms with E-state index in [-0.39, 0.29) is 0 Å². The topological polar surface area (TPSA) is 55.4 Å². The van der Waals surface area contributed by atoms with Crippen LogP contribution < -0.4 is 9.47 Å². The standard InChI is InChI=1S/C14H13NO3/c1-10-3-4-12(18-10)9-17-14-6-11(8-15)5-13(7-14)16-2/h3-7H,9H2,1-2H3. The number of ether oxygens (including phenoxy) is 2. The van der Waals surface area contributed by atoms with Crippen LogP contribution in [0.4, 0.5) is 0 Å². The highest BCUT2D eigenvalue weighted by molar-refractivity contribution is 5.43. The maximum absolute atomic E-state index is 8.89. The number of aryl methyl sites for hydroxylation is 1. The fourth-order valence-corrected chi connectivity index (χ4v) is 1.55. The van der Waals surface area contributed by atoms with Crippen LogP contribution in [0.2, 0.25) is 0 Å². The van der Waals surface area contributed by atoms with Crippen molar-refractivity contribution in [2.45, 2.75) is 13.5 Å². The van der Waals surface area contributed by atoms with Crippen LogP contribution in [0, 0.1) is 18.3 Å². The second-order valence-electron chi connectivity index (χ2n) is 3.81. The van der Waals surface area contributed by atoms with Gasteiger partial charge in [0.2, 0.25) is 0 Å². The first-order valence-electron chi connectivity index (χ1n) is 5.48. The van der Waals surface area contributed by atoms with E-state index in [2.05, 4.69) is 6.07 Å². The predicted octanol–water partition coefficient (Wildman–Crippen LogP) is 3.05. The van der Waals surface area contributed by atoms with Gasteiger partial charge in [0, 0.05) is 6.07 Å². The van der Waals surface area contributed by atoms with E-state index in [0.717, 1.165) is 11.5 Å². The first-order valence-corrected chi connectivity index (χ1v) is 5.48. The minimum atomic E-state index is 0.325. The molecule has 0 saturated carbocycles. The maximum atomic E-state index is 8.89. The number of furan rings is 1. The number of rotatable bonds is 4. The van der Waals surface area contributed by atoms with Crippen LogP contribution in [0.5, 0.6) is 11.5 Å². The van der Waals surface area contributed by atoms with E-state index in [1.165, 1.54) is 0 Å². The Balaban J connectivity index is 2.11. The maximum Gasteiger partial charge on any atom is 0.146 e. The van der Waals surface area contributed by atoms with Gasteiger partial charge in [-0.05, 0) is 31.2 Å². The molecule has 0 saturated heterocycles. The van der Waals surface area contributed by atoms with E-state index in [9.17, 15) is 0 Å². The predicted molar refractivity (Wildman–Crippen MR) is 65.5 cm³/mol. The number of hydrogen-bond acceptors (Lipinski definition) is 4. The number of benzene rings is 1. The van der Waals surface area contributed by atoms with Gasteiger partial charge >= 0.3 is 0 Å². The summed E-state index contributed by atoms with van der Waals surface area (Å²) in [5, 5.41) is 8.89. The summed E-state index contributed by atoms with van der Waals surface area (Å²) >= 11 is 0. The molecule has 1 heterocycles. The van der Waals surface area contributed by atoms with Crippen LogP contribution in [-0.4, -0.2) is 7.11 Å². The molecular weight excluding hydrogens is 230 g/mol. The molecule has 0 bridgehead atoms. The molecule has 0 aliphatic rings. The van der Waals surface area contributed by atoms with E-state index in [4.69, 9.17) is 19.2 Å². The Hall–Kier alpha value is -2.41. The molecule has 0 unspecified atom stereocenters. The third-order valence-electron chi connectivity index (χ3n) is 2.42. The second kappa shape index (κ2) is 5.28. The van der Waals surface area contributed by atoms with Gasteiger partial charge in [-0.3, -0.25) is 0 Å². The Labute approximate surface area is 105 Å². The van der Waals surface area contributed by atoms with E-state index < -0.39 is 0 Å². The van der Waals surface area contributed by atoms with Crippen LogP contribution in [-0.2, 0) is 6.61 Å². The molecule has 4 heteroatoms. The van der Waals surface area contributed by atoms with Crippen LogP contribution >= 0.6 is 0 Å². The normalized spacial score (nSPS) is 9.83. The lowest BCUT2D eigenvalue weighted by atomic mass is 10.2. The van der Waals surface area contributed by atoms with E-state index in [1.807, 2.05) is 19.1 Å². The van der Waals surface area contributed by atoms with Crippen molar-refractivity contribution >= 4 is 0 Å². The summed E-state index contributed by atoms with van der Waals surface area (Å²) in [6.45, 7) is 2.20. The first-order chi connectivity index (χ1) is 8.71. The molecule has 0 fully saturated rings. The lowest BCUT2D eigenvalue weighted by Crippen LogP contribution is -1.95. The molecule has 2 aromatic rings. The molecule has 1 aromatic heterocycles. The van der Waals surface area contributed by atoms with Gasteiger partial charge < -0.3 is 13.9 Å². The summed E-state index contributed by atoms with van der Waals surface area (Å²) in [6, 6.07) is 10.9. The van der Waals surface area contributed by atoms with Gasteiger partial charge in [0.25, 0.3) is 0 Å². The summed E-state index contributed by atoms with van der Waals surface area (Å²) in [5.74, 6) is 2.77. The molecule has 0 amide bonds. The Morgan fingerprint density at radius 2 is 2.00 bits per heavy atom. The minimum absolute atomic E-state index is 0.325. The fourth-order valence-electron chi connectivity index (χ4n) is 1.55. The number of methoxy groups -OCH3 is 1. The van der Waals surface area contributed by atoms with Gasteiger partial charge in [0.15, 0.2) is 0 Å². The lowest BCUT2D eigenvalue weighted by Gasteiger charge is -2.07. The first kappa shape index (κ1) is 12.1. The molecule has 2 rings (SSSR count). The van der Waals surface area contributed by atoms with Crippen molar-refractivity contribution in [2.24, 2.45) is 0 Å². The summed E-state index contributed by atoms with van der Waals surface area (Å²) in [6.07, 6.45) is 0. The van der Waals surface area contributed by atoms with Crippen LogP contribution in [0.15, 0.2) is 34.7 Å². The molecule has 0 aliphatic carbocycles. The largest absolute Gasteiger partial charge is 0.497 e. The summed E-state index contributed by atoms with van der Waals surface area (Å²) in [4.78, 5) is 0. The van der Waals surface area contributed by atoms with Gasteiger partial charge in [-0.15, -0.1) is 0 Å². The van der Waals surface area contributed by atoms with Crippen molar-refractivity contribution in [3.63, 3.8) is 0 Å². The molecule has 18 heavy (non-hydrogen) atoms. The van der Waals surface area contributed by atoms with Gasteiger partial charge in [-0.2, -0.15) is 5.26 Å². The quantitative estimate of drug-likeness (QED) is 0.828. The minimum Gasteiger partial charge on any atom is -0.497 e. The average molecular weight is 243 g/mol. The zero-order valence-electron chi connectivity index (χ0n) is 10.3. The second-order valence-corrected chi connectivity index (χ2v) is 3.81. The van der Waals surface area contributed by atoms with Crippen molar-refractivity contribution in [1.82, 2.24) is 0 Å². The van der Waals surface area contributed by atoms with Crippen molar-refractivity contribution in [1.29, 1.82) is 5.26 Å². The van der Waals surface area contributed by atoms with Crippen molar-refractivity contribution in [2.75, 3.05) is 7.11 Å². The van der Waals surface area contributed by atoms with Gasteiger partial charge in [-0.25, -0.2) is 0 Å². The van der Waals surface area contributed by atoms with Crippen LogP contribution in [0.3, 0.4) is 0 Å². The third kappa shape index (κ3) is 2.83. The zero-order chi connectivity index (χ0) is 13.0. The molecule has 0 N–H and O–H groups in total. The smallest absolute Gasteiger partial charge is 0.146 e. The molecule has 0 radical (unpaired) electrons. The van der Waals surface area contributed by atoms with Crippen molar-refractivity contribution in [3.8, 4) is 17.6 Å². The van der Waals surface area contributed by atoms with Crippen LogP contribution in [0.1, 0.15) is 17.1 Å². The SMILES string of the molecule is COc1cc(C#N)cc(OCc2ccc(C)o2)c1. The van der Waals surface area contributed by atoms with E-state index >= 15 is 0 Å². The Morgan fingerprint density at radius 3 is 2.61 bits per heavy atom. The van der Waals surface area contributed by atoms with E-state index in [0.29, 0.717) is 23.7 Å². The van der Waals surface area contributed by atoms with Crippen molar-refractivity contribution < 1.29 is 13.9 Å². The highest BCUT2D eigenvalue weighted by atomic mass is 16.5. The molecule has 92 valence electrons. The highest BCUT2D eigenvalue weighted by Gasteiger charge is 2.04. The summed E-state index contributed by atoms with van der Waals surface area (Å²) in [7, 11) is 1.55. The molecular formula is C14H13NO3. The average Bonchev–Trinajstić information content (AvgIpc) is 2.81. The molecule has 0 spiro atoms. The zero-order valence-corrected chi connectivity index (χ0v) is 10.3. The van der Waals surface area contributed by atoms with E-state index in [1.54, 1.807) is 25.3 Å². The molecule has 0 aliphatic heterocycles. The highest BCUT2D eigenvalue weighted by Crippen LogP contribution is 2.23. The van der Waals surface area contributed by atoms with Gasteiger partial charge in [0.1, 0.15) is 29.6 Å². The Bertz CT molecular complexity index is 581. The molecule has 4 nitrogen and oxygen atoms in total. The Kier molecular flexibility index (Phi) is 3.54. The number of nitriles is 1. The summed E-state index contributed by atoms with van der Waals surface area (Å²) in [5.41, 5.74) is 0.500. The molecule has 1 aromatic carbocycles. The Morgan fingerprint density at radius 1 is 1.22 bits per heavy atom. The number of hydrogen-bond donors (Lipinski definition) is 0.